The number of fused-ring (bicyclic) bond motifs is 1. The van der Waals surface area contributed by atoms with Gasteiger partial charge < -0.3 is 4.90 Å². The van der Waals surface area contributed by atoms with Crippen LogP contribution in [0.3, 0.4) is 0 Å². The number of rotatable bonds is 3. The van der Waals surface area contributed by atoms with Gasteiger partial charge in [-0.3, -0.25) is 9.69 Å². The second-order valence-electron chi connectivity index (χ2n) is 5.34. The minimum Gasteiger partial charge on any atom is -0.337 e. The summed E-state index contributed by atoms with van der Waals surface area (Å²) in [6.07, 6.45) is 2.12. The van der Waals surface area contributed by atoms with Crippen molar-refractivity contribution in [2.45, 2.75) is 31.8 Å². The molecular weight excluding hydrogens is 224 g/mol. The summed E-state index contributed by atoms with van der Waals surface area (Å²) >= 11 is 0. The van der Waals surface area contributed by atoms with Crippen LogP contribution in [0.25, 0.3) is 0 Å². The summed E-state index contributed by atoms with van der Waals surface area (Å²) in [5.74, 6) is 0.196. The standard InChI is InChI=1S/C15H22N2O/c1-11(16(2)3)15(18)17(4)14-10-9-12-7-5-6-8-13(12)14/h5-8,11,14H,9-10H2,1-4H3. The summed E-state index contributed by atoms with van der Waals surface area (Å²) in [6.45, 7) is 1.96. The van der Waals surface area contributed by atoms with Crippen LogP contribution in [0.15, 0.2) is 24.3 Å². The van der Waals surface area contributed by atoms with Crippen molar-refractivity contribution in [3.05, 3.63) is 35.4 Å². The predicted molar refractivity (Wildman–Crippen MR) is 73.4 cm³/mol. The molecule has 2 unspecified atom stereocenters. The molecule has 0 spiro atoms. The molecule has 0 N–H and O–H groups in total. The van der Waals surface area contributed by atoms with Crippen molar-refractivity contribution < 1.29 is 4.79 Å². The number of nitrogens with zero attached hydrogens (tertiary/aromatic N) is 2. The first-order valence-electron chi connectivity index (χ1n) is 6.53. The zero-order chi connectivity index (χ0) is 13.3. The summed E-state index contributed by atoms with van der Waals surface area (Å²) in [5.41, 5.74) is 2.71. The lowest BCUT2D eigenvalue weighted by Crippen LogP contribution is -2.43. The van der Waals surface area contributed by atoms with Crippen LogP contribution in [0, 0.1) is 0 Å². The summed E-state index contributed by atoms with van der Waals surface area (Å²) in [6, 6.07) is 8.63. The lowest BCUT2D eigenvalue weighted by atomic mass is 10.1. The van der Waals surface area contributed by atoms with Crippen LogP contribution in [0.1, 0.15) is 30.5 Å². The van der Waals surface area contributed by atoms with Crippen LogP contribution in [0.2, 0.25) is 0 Å². The van der Waals surface area contributed by atoms with Gasteiger partial charge in [-0.05, 0) is 45.0 Å². The normalized spacial score (nSPS) is 19.7. The predicted octanol–water partition coefficient (Wildman–Crippen LogP) is 2.08. The van der Waals surface area contributed by atoms with E-state index in [1.54, 1.807) is 0 Å². The van der Waals surface area contributed by atoms with Crippen molar-refractivity contribution in [1.29, 1.82) is 0 Å². The SMILES string of the molecule is CC(C(=O)N(C)C1CCc2ccccc21)N(C)C. The highest BCUT2D eigenvalue weighted by Crippen LogP contribution is 2.35. The second kappa shape index (κ2) is 5.11. The first-order valence-corrected chi connectivity index (χ1v) is 6.53. The molecule has 0 saturated carbocycles. The Balaban J connectivity index is 2.16. The van der Waals surface area contributed by atoms with Crippen LogP contribution in [-0.2, 0) is 11.2 Å². The minimum absolute atomic E-state index is 0.0669. The molecule has 1 aliphatic carbocycles. The third-order valence-electron chi connectivity index (χ3n) is 4.05. The summed E-state index contributed by atoms with van der Waals surface area (Å²) in [7, 11) is 5.81. The van der Waals surface area contributed by atoms with Gasteiger partial charge >= 0.3 is 0 Å². The van der Waals surface area contributed by atoms with Crippen LogP contribution < -0.4 is 0 Å². The maximum absolute atomic E-state index is 12.4. The van der Waals surface area contributed by atoms with Gasteiger partial charge in [0.05, 0.1) is 12.1 Å². The zero-order valence-electron chi connectivity index (χ0n) is 11.7. The van der Waals surface area contributed by atoms with Gasteiger partial charge in [-0.25, -0.2) is 0 Å². The smallest absolute Gasteiger partial charge is 0.239 e. The van der Waals surface area contributed by atoms with E-state index >= 15 is 0 Å². The number of amides is 1. The Labute approximate surface area is 109 Å². The quantitative estimate of drug-likeness (QED) is 0.815. The Morgan fingerprint density at radius 3 is 2.61 bits per heavy atom. The lowest BCUT2D eigenvalue weighted by Gasteiger charge is -2.30. The Hall–Kier alpha value is -1.35. The molecule has 1 aromatic rings. The van der Waals surface area contributed by atoms with Crippen molar-refractivity contribution in [2.24, 2.45) is 0 Å². The van der Waals surface area contributed by atoms with E-state index in [1.165, 1.54) is 11.1 Å². The minimum atomic E-state index is -0.0669. The van der Waals surface area contributed by atoms with Gasteiger partial charge in [0, 0.05) is 7.05 Å². The molecule has 1 aromatic carbocycles. The molecule has 0 aliphatic heterocycles. The molecule has 0 bridgehead atoms. The fourth-order valence-corrected chi connectivity index (χ4v) is 2.61. The number of benzene rings is 1. The molecule has 0 fully saturated rings. The molecule has 98 valence electrons. The van der Waals surface area contributed by atoms with Gasteiger partial charge in [0.2, 0.25) is 5.91 Å². The monoisotopic (exact) mass is 246 g/mol. The Morgan fingerprint density at radius 1 is 1.28 bits per heavy atom. The van der Waals surface area contributed by atoms with Gasteiger partial charge in [-0.15, -0.1) is 0 Å². The molecule has 2 atom stereocenters. The third-order valence-corrected chi connectivity index (χ3v) is 4.05. The van der Waals surface area contributed by atoms with Crippen LogP contribution in [0.5, 0.6) is 0 Å². The summed E-state index contributed by atoms with van der Waals surface area (Å²) < 4.78 is 0. The van der Waals surface area contributed by atoms with Gasteiger partial charge in [-0.2, -0.15) is 0 Å². The first-order chi connectivity index (χ1) is 8.52. The van der Waals surface area contributed by atoms with E-state index in [0.717, 1.165) is 12.8 Å². The average molecular weight is 246 g/mol. The van der Waals surface area contributed by atoms with E-state index in [0.29, 0.717) is 0 Å². The third kappa shape index (κ3) is 2.27. The summed E-state index contributed by atoms with van der Waals surface area (Å²) in [5, 5.41) is 0. The highest BCUT2D eigenvalue weighted by Gasteiger charge is 2.30. The Morgan fingerprint density at radius 2 is 1.94 bits per heavy atom. The molecule has 1 amide bonds. The fourth-order valence-electron chi connectivity index (χ4n) is 2.61. The van der Waals surface area contributed by atoms with Crippen LogP contribution in [0.4, 0.5) is 0 Å². The maximum atomic E-state index is 12.4. The summed E-state index contributed by atoms with van der Waals surface area (Å²) in [4.78, 5) is 16.2. The molecule has 0 aromatic heterocycles. The first kappa shape index (κ1) is 13.1. The van der Waals surface area contributed by atoms with E-state index in [-0.39, 0.29) is 18.0 Å². The lowest BCUT2D eigenvalue weighted by molar-refractivity contribution is -0.136. The molecular formula is C15H22N2O. The van der Waals surface area contributed by atoms with Crippen molar-refractivity contribution in [1.82, 2.24) is 9.80 Å². The highest BCUT2D eigenvalue weighted by atomic mass is 16.2. The number of hydrogen-bond donors (Lipinski definition) is 0. The Kier molecular flexibility index (Phi) is 3.71. The van der Waals surface area contributed by atoms with Gasteiger partial charge in [-0.1, -0.05) is 24.3 Å². The molecule has 0 saturated heterocycles. The largest absolute Gasteiger partial charge is 0.337 e. The Bertz CT molecular complexity index is 442. The molecule has 3 heteroatoms. The van der Waals surface area contributed by atoms with E-state index in [9.17, 15) is 4.79 Å². The molecule has 1 aliphatic rings. The number of carbonyl (C=O) groups excluding carboxylic acids is 1. The van der Waals surface area contributed by atoms with E-state index in [2.05, 4.69) is 24.3 Å². The fraction of sp³-hybridized carbons (Fsp3) is 0.533. The second-order valence-corrected chi connectivity index (χ2v) is 5.34. The van der Waals surface area contributed by atoms with E-state index in [1.807, 2.05) is 37.9 Å². The molecule has 0 radical (unpaired) electrons. The van der Waals surface area contributed by atoms with E-state index < -0.39 is 0 Å². The molecule has 0 heterocycles. The number of carbonyl (C=O) groups is 1. The van der Waals surface area contributed by atoms with Crippen molar-refractivity contribution in [3.63, 3.8) is 0 Å². The molecule has 2 rings (SSSR count). The zero-order valence-corrected chi connectivity index (χ0v) is 11.7. The van der Waals surface area contributed by atoms with E-state index in [4.69, 9.17) is 0 Å². The number of aryl methyl sites for hydroxylation is 1. The van der Waals surface area contributed by atoms with Gasteiger partial charge in [0.1, 0.15) is 0 Å². The molecule has 18 heavy (non-hydrogen) atoms. The van der Waals surface area contributed by atoms with Gasteiger partial charge in [0.15, 0.2) is 0 Å². The molecule has 3 nitrogen and oxygen atoms in total. The average Bonchev–Trinajstić information content (AvgIpc) is 2.79. The topological polar surface area (TPSA) is 23.6 Å². The van der Waals surface area contributed by atoms with Gasteiger partial charge in [0.25, 0.3) is 0 Å². The van der Waals surface area contributed by atoms with Crippen molar-refractivity contribution >= 4 is 5.91 Å². The number of likely N-dealkylation sites (N-methyl/N-ethyl adjacent to an activating group) is 2. The van der Waals surface area contributed by atoms with Crippen LogP contribution >= 0.6 is 0 Å². The van der Waals surface area contributed by atoms with Crippen LogP contribution in [-0.4, -0.2) is 42.9 Å². The maximum Gasteiger partial charge on any atom is 0.239 e. The number of hydrogen-bond acceptors (Lipinski definition) is 2. The highest BCUT2D eigenvalue weighted by molar-refractivity contribution is 5.81. The van der Waals surface area contributed by atoms with Crippen molar-refractivity contribution in [2.75, 3.05) is 21.1 Å². The van der Waals surface area contributed by atoms with Crippen molar-refractivity contribution in [3.8, 4) is 0 Å².